The number of benzene rings is 1. The molecule has 96 valence electrons. The monoisotopic (exact) mass is 247 g/mol. The van der Waals surface area contributed by atoms with Gasteiger partial charge in [-0.15, -0.1) is 0 Å². The van der Waals surface area contributed by atoms with E-state index in [-0.39, 0.29) is 24.9 Å². The third-order valence-electron chi connectivity index (χ3n) is 2.96. The standard InChI is InChI=1S/C13H17N3O2/c1-15(11-5-3-2-4-6-11)10-13(18)16-8-7-14-12(17)9-16/h2-6H,7-10H2,1H3,(H,14,17). The summed E-state index contributed by atoms with van der Waals surface area (Å²) < 4.78 is 0. The molecule has 0 bridgehead atoms. The van der Waals surface area contributed by atoms with Gasteiger partial charge in [0.15, 0.2) is 0 Å². The van der Waals surface area contributed by atoms with Crippen molar-refractivity contribution in [2.45, 2.75) is 0 Å². The van der Waals surface area contributed by atoms with E-state index in [0.29, 0.717) is 13.1 Å². The van der Waals surface area contributed by atoms with Crippen molar-refractivity contribution in [1.82, 2.24) is 10.2 Å². The summed E-state index contributed by atoms with van der Waals surface area (Å²) in [6.45, 7) is 1.59. The number of hydrogen-bond acceptors (Lipinski definition) is 3. The Morgan fingerprint density at radius 3 is 2.78 bits per heavy atom. The molecule has 1 saturated heterocycles. The number of carbonyl (C=O) groups is 2. The lowest BCUT2D eigenvalue weighted by Gasteiger charge is -2.29. The van der Waals surface area contributed by atoms with E-state index in [1.54, 1.807) is 4.90 Å². The SMILES string of the molecule is CN(CC(=O)N1CCNC(=O)C1)c1ccccc1. The third kappa shape index (κ3) is 3.00. The summed E-state index contributed by atoms with van der Waals surface area (Å²) in [6, 6.07) is 9.72. The fourth-order valence-corrected chi connectivity index (χ4v) is 1.93. The van der Waals surface area contributed by atoms with Crippen molar-refractivity contribution in [3.8, 4) is 0 Å². The van der Waals surface area contributed by atoms with E-state index < -0.39 is 0 Å². The number of amides is 2. The van der Waals surface area contributed by atoms with Gasteiger partial charge in [0.05, 0.1) is 13.1 Å². The second-order valence-corrected chi connectivity index (χ2v) is 4.36. The lowest BCUT2D eigenvalue weighted by Crippen LogP contribution is -2.52. The highest BCUT2D eigenvalue weighted by Gasteiger charge is 2.21. The molecule has 2 rings (SSSR count). The molecular weight excluding hydrogens is 230 g/mol. The van der Waals surface area contributed by atoms with Gasteiger partial charge in [-0.25, -0.2) is 0 Å². The van der Waals surface area contributed by atoms with Crippen LogP contribution in [0.25, 0.3) is 0 Å². The fraction of sp³-hybridized carbons (Fsp3) is 0.385. The van der Waals surface area contributed by atoms with Crippen molar-refractivity contribution in [1.29, 1.82) is 0 Å². The Morgan fingerprint density at radius 1 is 1.39 bits per heavy atom. The number of carbonyl (C=O) groups excluding carboxylic acids is 2. The number of hydrogen-bond donors (Lipinski definition) is 1. The molecule has 0 aromatic heterocycles. The molecule has 1 heterocycles. The molecule has 18 heavy (non-hydrogen) atoms. The lowest BCUT2D eigenvalue weighted by molar-refractivity contribution is -0.137. The molecule has 0 spiro atoms. The van der Waals surface area contributed by atoms with Gasteiger partial charge in [0, 0.05) is 25.8 Å². The maximum Gasteiger partial charge on any atom is 0.242 e. The van der Waals surface area contributed by atoms with Gasteiger partial charge in [0.2, 0.25) is 11.8 Å². The average molecular weight is 247 g/mol. The average Bonchev–Trinajstić information content (AvgIpc) is 2.39. The van der Waals surface area contributed by atoms with Crippen LogP contribution < -0.4 is 10.2 Å². The quantitative estimate of drug-likeness (QED) is 0.823. The first kappa shape index (κ1) is 12.4. The topological polar surface area (TPSA) is 52.7 Å². The Kier molecular flexibility index (Phi) is 3.82. The van der Waals surface area contributed by atoms with Crippen molar-refractivity contribution >= 4 is 17.5 Å². The van der Waals surface area contributed by atoms with Crippen LogP contribution in [0.2, 0.25) is 0 Å². The predicted octanol–water partition coefficient (Wildman–Crippen LogP) is 0.0812. The Morgan fingerprint density at radius 2 is 2.11 bits per heavy atom. The molecule has 0 atom stereocenters. The molecule has 0 saturated carbocycles. The zero-order chi connectivity index (χ0) is 13.0. The summed E-state index contributed by atoms with van der Waals surface area (Å²) in [7, 11) is 1.87. The van der Waals surface area contributed by atoms with Crippen LogP contribution in [0, 0.1) is 0 Å². The zero-order valence-electron chi connectivity index (χ0n) is 10.4. The highest BCUT2D eigenvalue weighted by Crippen LogP contribution is 2.11. The summed E-state index contributed by atoms with van der Waals surface area (Å²) in [5.41, 5.74) is 0.993. The number of nitrogens with one attached hydrogen (secondary N) is 1. The first-order valence-electron chi connectivity index (χ1n) is 5.97. The van der Waals surface area contributed by atoms with E-state index >= 15 is 0 Å². The summed E-state index contributed by atoms with van der Waals surface area (Å²) in [5.74, 6) is -0.104. The minimum Gasteiger partial charge on any atom is -0.365 e. The molecule has 1 aliphatic rings. The summed E-state index contributed by atoms with van der Waals surface area (Å²) in [5, 5.41) is 2.71. The van der Waals surface area contributed by atoms with Crippen LogP contribution in [0.1, 0.15) is 0 Å². The van der Waals surface area contributed by atoms with E-state index in [9.17, 15) is 9.59 Å². The fourth-order valence-electron chi connectivity index (χ4n) is 1.93. The second kappa shape index (κ2) is 5.53. The second-order valence-electron chi connectivity index (χ2n) is 4.36. The van der Waals surface area contributed by atoms with Crippen molar-refractivity contribution in [3.05, 3.63) is 30.3 Å². The molecule has 1 aromatic rings. The van der Waals surface area contributed by atoms with Crippen LogP contribution in [0.5, 0.6) is 0 Å². The maximum absolute atomic E-state index is 12.0. The van der Waals surface area contributed by atoms with Gasteiger partial charge in [-0.1, -0.05) is 18.2 Å². The summed E-state index contributed by atoms with van der Waals surface area (Å²) >= 11 is 0. The van der Waals surface area contributed by atoms with Crippen molar-refractivity contribution in [2.75, 3.05) is 38.1 Å². The number of anilines is 1. The predicted molar refractivity (Wildman–Crippen MR) is 69.3 cm³/mol. The number of piperazine rings is 1. The molecule has 0 aliphatic carbocycles. The van der Waals surface area contributed by atoms with E-state index in [1.165, 1.54) is 0 Å². The third-order valence-corrected chi connectivity index (χ3v) is 2.96. The molecule has 1 fully saturated rings. The van der Waals surface area contributed by atoms with Crippen LogP contribution in [0.4, 0.5) is 5.69 Å². The van der Waals surface area contributed by atoms with E-state index in [0.717, 1.165) is 5.69 Å². The van der Waals surface area contributed by atoms with Crippen LogP contribution in [0.3, 0.4) is 0 Å². The first-order chi connectivity index (χ1) is 8.66. The number of likely N-dealkylation sites (N-methyl/N-ethyl adjacent to an activating group) is 1. The molecule has 1 aliphatic heterocycles. The van der Waals surface area contributed by atoms with E-state index in [2.05, 4.69) is 5.32 Å². The normalized spacial score (nSPS) is 15.2. The minimum absolute atomic E-state index is 0.0174. The Bertz CT molecular complexity index is 433. The molecule has 1 aromatic carbocycles. The minimum atomic E-state index is -0.0861. The highest BCUT2D eigenvalue weighted by molar-refractivity contribution is 5.88. The summed E-state index contributed by atoms with van der Waals surface area (Å²) in [6.07, 6.45) is 0. The van der Waals surface area contributed by atoms with Gasteiger partial charge < -0.3 is 15.1 Å². The van der Waals surface area contributed by atoms with Gasteiger partial charge in [-0.3, -0.25) is 9.59 Å². The molecule has 0 radical (unpaired) electrons. The lowest BCUT2D eigenvalue weighted by atomic mass is 10.3. The summed E-state index contributed by atoms with van der Waals surface area (Å²) in [4.78, 5) is 26.7. The first-order valence-corrected chi connectivity index (χ1v) is 5.97. The van der Waals surface area contributed by atoms with Gasteiger partial charge in [-0.05, 0) is 12.1 Å². The van der Waals surface area contributed by atoms with Crippen molar-refractivity contribution in [3.63, 3.8) is 0 Å². The van der Waals surface area contributed by atoms with E-state index in [1.807, 2.05) is 42.3 Å². The van der Waals surface area contributed by atoms with Crippen LogP contribution in [-0.2, 0) is 9.59 Å². The zero-order valence-corrected chi connectivity index (χ0v) is 10.4. The smallest absolute Gasteiger partial charge is 0.242 e. The van der Waals surface area contributed by atoms with Crippen LogP contribution >= 0.6 is 0 Å². The molecule has 5 heteroatoms. The van der Waals surface area contributed by atoms with Gasteiger partial charge >= 0.3 is 0 Å². The van der Waals surface area contributed by atoms with Gasteiger partial charge in [0.25, 0.3) is 0 Å². The number of para-hydroxylation sites is 1. The molecular formula is C13H17N3O2. The molecule has 2 amide bonds. The van der Waals surface area contributed by atoms with Gasteiger partial charge in [-0.2, -0.15) is 0 Å². The van der Waals surface area contributed by atoms with Gasteiger partial charge in [0.1, 0.15) is 0 Å². The largest absolute Gasteiger partial charge is 0.365 e. The number of nitrogens with zero attached hydrogens (tertiary/aromatic N) is 2. The molecule has 0 unspecified atom stereocenters. The Labute approximate surface area is 106 Å². The Balaban J connectivity index is 1.93. The van der Waals surface area contributed by atoms with Crippen LogP contribution in [0.15, 0.2) is 30.3 Å². The van der Waals surface area contributed by atoms with Crippen molar-refractivity contribution in [2.24, 2.45) is 0 Å². The highest BCUT2D eigenvalue weighted by atomic mass is 16.2. The molecule has 1 N–H and O–H groups in total. The Hall–Kier alpha value is -2.04. The van der Waals surface area contributed by atoms with E-state index in [4.69, 9.17) is 0 Å². The van der Waals surface area contributed by atoms with Crippen molar-refractivity contribution < 1.29 is 9.59 Å². The molecule has 5 nitrogen and oxygen atoms in total. The van der Waals surface area contributed by atoms with Crippen LogP contribution in [-0.4, -0.2) is 49.9 Å². The number of rotatable bonds is 3. The maximum atomic E-state index is 12.0.